The Balaban J connectivity index is 2.64. The van der Waals surface area contributed by atoms with Gasteiger partial charge in [-0.15, -0.1) is 0 Å². The lowest BCUT2D eigenvalue weighted by Crippen LogP contribution is -1.90. The Morgan fingerprint density at radius 3 is 2.27 bits per heavy atom. The molecule has 0 saturated carbocycles. The molecule has 0 saturated heterocycles. The zero-order valence-electron chi connectivity index (χ0n) is 9.16. The lowest BCUT2D eigenvalue weighted by Gasteiger charge is -2.08. The van der Waals surface area contributed by atoms with E-state index in [1.807, 2.05) is 0 Å². The summed E-state index contributed by atoms with van der Waals surface area (Å²) in [7, 11) is 0. The molecule has 1 aromatic heterocycles. The maximum Gasteiger partial charge on any atom is 0.229 e. The molecule has 0 bridgehead atoms. The molecule has 0 aliphatic rings. The van der Waals surface area contributed by atoms with Crippen LogP contribution in [0.5, 0.6) is 0 Å². The average molecular weight is 202 g/mol. The zero-order valence-corrected chi connectivity index (χ0v) is 9.16. The van der Waals surface area contributed by atoms with Crippen molar-refractivity contribution in [2.45, 2.75) is 20.8 Å². The van der Waals surface area contributed by atoms with Gasteiger partial charge in [0.1, 0.15) is 0 Å². The highest BCUT2D eigenvalue weighted by atomic mass is 16.5. The first-order chi connectivity index (χ1) is 7.09. The summed E-state index contributed by atoms with van der Waals surface area (Å²) in [5.41, 5.74) is 11.4. The molecule has 78 valence electrons. The molecule has 3 nitrogen and oxygen atoms in total. The average Bonchev–Trinajstić information content (AvgIpc) is 2.58. The third-order valence-corrected chi connectivity index (χ3v) is 2.73. The predicted octanol–water partition coefficient (Wildman–Crippen LogP) is 2.85. The molecule has 2 N–H and O–H groups in total. The molecule has 1 heterocycles. The van der Waals surface area contributed by atoms with Crippen molar-refractivity contribution in [3.63, 3.8) is 0 Å². The van der Waals surface area contributed by atoms with Crippen LogP contribution in [0, 0.1) is 20.8 Å². The molecular weight excluding hydrogens is 188 g/mol. The van der Waals surface area contributed by atoms with E-state index in [4.69, 9.17) is 10.3 Å². The van der Waals surface area contributed by atoms with Gasteiger partial charge in [-0.25, -0.2) is 0 Å². The highest BCUT2D eigenvalue weighted by Gasteiger charge is 2.10. The summed E-state index contributed by atoms with van der Waals surface area (Å²) in [6.07, 6.45) is 1.66. The van der Waals surface area contributed by atoms with Gasteiger partial charge in [-0.05, 0) is 43.0 Å². The van der Waals surface area contributed by atoms with E-state index in [1.165, 1.54) is 16.7 Å². The number of nitrogen functional groups attached to an aromatic ring is 1. The van der Waals surface area contributed by atoms with E-state index >= 15 is 0 Å². The maximum atomic E-state index is 5.70. The van der Waals surface area contributed by atoms with Crippen molar-refractivity contribution in [3.05, 3.63) is 35.0 Å². The maximum absolute atomic E-state index is 5.70. The number of nitrogens with two attached hydrogens (primary N) is 1. The molecule has 0 unspecified atom stereocenters. The van der Waals surface area contributed by atoms with Crippen LogP contribution in [-0.2, 0) is 0 Å². The highest BCUT2D eigenvalue weighted by molar-refractivity contribution is 5.75. The lowest BCUT2D eigenvalue weighted by molar-refractivity contribution is 0.436. The smallest absolute Gasteiger partial charge is 0.229 e. The quantitative estimate of drug-likeness (QED) is 0.773. The molecule has 0 radical (unpaired) electrons. The number of hydrogen-bond acceptors (Lipinski definition) is 3. The number of anilines is 1. The van der Waals surface area contributed by atoms with Gasteiger partial charge in [0.2, 0.25) is 5.88 Å². The molecule has 2 rings (SSSR count). The Hall–Kier alpha value is -1.77. The van der Waals surface area contributed by atoms with Gasteiger partial charge in [0.05, 0.1) is 11.8 Å². The minimum atomic E-state index is 0.376. The predicted molar refractivity (Wildman–Crippen MR) is 60.6 cm³/mol. The Labute approximate surface area is 88.9 Å². The van der Waals surface area contributed by atoms with Crippen molar-refractivity contribution >= 4 is 5.88 Å². The van der Waals surface area contributed by atoms with Crippen LogP contribution in [0.4, 0.5) is 5.88 Å². The van der Waals surface area contributed by atoms with Crippen LogP contribution >= 0.6 is 0 Å². The summed E-state index contributed by atoms with van der Waals surface area (Å²) >= 11 is 0. The Kier molecular flexibility index (Phi) is 2.23. The first-order valence-electron chi connectivity index (χ1n) is 4.88. The van der Waals surface area contributed by atoms with Crippen LogP contribution in [0.2, 0.25) is 0 Å². The molecule has 0 amide bonds. The normalized spacial score (nSPS) is 10.6. The molecule has 0 aliphatic carbocycles. The second-order valence-corrected chi connectivity index (χ2v) is 3.86. The largest absolute Gasteiger partial charge is 0.367 e. The SMILES string of the molecule is Cc1cc(C)c(-c2cnoc2N)cc1C. The lowest BCUT2D eigenvalue weighted by atomic mass is 9.97. The second-order valence-electron chi connectivity index (χ2n) is 3.86. The topological polar surface area (TPSA) is 52.0 Å². The van der Waals surface area contributed by atoms with Crippen LogP contribution in [0.25, 0.3) is 11.1 Å². The summed E-state index contributed by atoms with van der Waals surface area (Å²) in [5, 5.41) is 3.69. The van der Waals surface area contributed by atoms with Crippen molar-refractivity contribution in [2.24, 2.45) is 0 Å². The molecule has 0 aliphatic heterocycles. The molecule has 3 heteroatoms. The number of hydrogen-bond donors (Lipinski definition) is 1. The summed E-state index contributed by atoms with van der Waals surface area (Å²) in [6, 6.07) is 4.27. The minimum Gasteiger partial charge on any atom is -0.367 e. The third-order valence-electron chi connectivity index (χ3n) is 2.73. The Morgan fingerprint density at radius 1 is 1.00 bits per heavy atom. The van der Waals surface area contributed by atoms with E-state index in [0.29, 0.717) is 5.88 Å². The fourth-order valence-electron chi connectivity index (χ4n) is 1.70. The van der Waals surface area contributed by atoms with Crippen LogP contribution in [-0.4, -0.2) is 5.16 Å². The van der Waals surface area contributed by atoms with Crippen molar-refractivity contribution in [1.29, 1.82) is 0 Å². The number of aromatic nitrogens is 1. The van der Waals surface area contributed by atoms with E-state index < -0.39 is 0 Å². The van der Waals surface area contributed by atoms with Crippen LogP contribution in [0.15, 0.2) is 22.9 Å². The van der Waals surface area contributed by atoms with Gasteiger partial charge < -0.3 is 10.3 Å². The zero-order chi connectivity index (χ0) is 11.0. The van der Waals surface area contributed by atoms with Gasteiger partial charge in [0.15, 0.2) is 0 Å². The van der Waals surface area contributed by atoms with Gasteiger partial charge in [0.25, 0.3) is 0 Å². The number of benzene rings is 1. The molecular formula is C12H14N2O. The fraction of sp³-hybridized carbons (Fsp3) is 0.250. The van der Waals surface area contributed by atoms with Crippen LogP contribution < -0.4 is 5.73 Å². The second kappa shape index (κ2) is 3.42. The van der Waals surface area contributed by atoms with E-state index in [-0.39, 0.29) is 0 Å². The monoisotopic (exact) mass is 202 g/mol. The molecule has 15 heavy (non-hydrogen) atoms. The highest BCUT2D eigenvalue weighted by Crippen LogP contribution is 2.30. The number of rotatable bonds is 1. The van der Waals surface area contributed by atoms with Crippen molar-refractivity contribution in [3.8, 4) is 11.1 Å². The van der Waals surface area contributed by atoms with Crippen LogP contribution in [0.3, 0.4) is 0 Å². The molecule has 0 spiro atoms. The summed E-state index contributed by atoms with van der Waals surface area (Å²) in [4.78, 5) is 0. The van der Waals surface area contributed by atoms with Gasteiger partial charge in [0, 0.05) is 0 Å². The summed E-state index contributed by atoms with van der Waals surface area (Å²) in [6.45, 7) is 6.25. The molecule has 1 aromatic carbocycles. The first-order valence-corrected chi connectivity index (χ1v) is 4.88. The first kappa shape index (κ1) is 9.77. The van der Waals surface area contributed by atoms with Gasteiger partial charge in [-0.2, -0.15) is 0 Å². The third kappa shape index (κ3) is 1.61. The fourth-order valence-corrected chi connectivity index (χ4v) is 1.70. The van der Waals surface area contributed by atoms with Crippen molar-refractivity contribution in [2.75, 3.05) is 5.73 Å². The molecule has 0 atom stereocenters. The summed E-state index contributed by atoms with van der Waals surface area (Å²) < 4.78 is 4.87. The van der Waals surface area contributed by atoms with Crippen molar-refractivity contribution < 1.29 is 4.52 Å². The molecule has 0 fully saturated rings. The number of aryl methyl sites for hydroxylation is 3. The van der Waals surface area contributed by atoms with E-state index in [1.54, 1.807) is 6.20 Å². The van der Waals surface area contributed by atoms with Gasteiger partial charge in [-0.3, -0.25) is 0 Å². The van der Waals surface area contributed by atoms with E-state index in [2.05, 4.69) is 38.1 Å². The number of nitrogens with zero attached hydrogens (tertiary/aromatic N) is 1. The molecule has 2 aromatic rings. The van der Waals surface area contributed by atoms with E-state index in [0.717, 1.165) is 11.1 Å². The minimum absolute atomic E-state index is 0.376. The Morgan fingerprint density at radius 2 is 1.67 bits per heavy atom. The Bertz CT molecular complexity index is 500. The summed E-state index contributed by atoms with van der Waals surface area (Å²) in [5.74, 6) is 0.376. The van der Waals surface area contributed by atoms with E-state index in [9.17, 15) is 0 Å². The van der Waals surface area contributed by atoms with Crippen molar-refractivity contribution in [1.82, 2.24) is 5.16 Å². The van der Waals surface area contributed by atoms with Gasteiger partial charge in [-0.1, -0.05) is 17.3 Å². The van der Waals surface area contributed by atoms with Crippen LogP contribution in [0.1, 0.15) is 16.7 Å². The standard InChI is InChI=1S/C12H14N2O/c1-7-4-9(3)10(5-8(7)2)11-6-14-15-12(11)13/h4-6H,13H2,1-3H3. The van der Waals surface area contributed by atoms with Gasteiger partial charge >= 0.3 is 0 Å².